The molecule has 1 fully saturated rings. The molecule has 0 bridgehead atoms. The molecule has 2 N–H and O–H groups in total. The summed E-state index contributed by atoms with van der Waals surface area (Å²) in [6, 6.07) is 5.11. The van der Waals surface area contributed by atoms with Crippen molar-refractivity contribution in [3.05, 3.63) is 36.8 Å². The highest BCUT2D eigenvalue weighted by Gasteiger charge is 2.21. The van der Waals surface area contributed by atoms with Crippen molar-refractivity contribution in [1.29, 1.82) is 0 Å². The highest BCUT2D eigenvalue weighted by Crippen LogP contribution is 2.09. The largest absolute Gasteiger partial charge is 0.378 e. The number of nitrogens with zero attached hydrogens (tertiary/aromatic N) is 3. The molecule has 3 heterocycles. The first kappa shape index (κ1) is 12.8. The Morgan fingerprint density at radius 1 is 1.50 bits per heavy atom. The predicted octanol–water partition coefficient (Wildman–Crippen LogP) is 0.194. The lowest BCUT2D eigenvalue weighted by Crippen LogP contribution is -2.48. The third-order valence-corrected chi connectivity index (χ3v) is 2.99. The van der Waals surface area contributed by atoms with E-state index in [0.717, 1.165) is 0 Å². The molecular formula is C13H15N5O2. The van der Waals surface area contributed by atoms with Crippen LogP contribution in [0.4, 0.5) is 5.69 Å². The van der Waals surface area contributed by atoms with Crippen LogP contribution in [0.25, 0.3) is 5.82 Å². The van der Waals surface area contributed by atoms with Gasteiger partial charge in [-0.25, -0.2) is 9.67 Å². The SMILES string of the molecule is O=C(Nc1ccc(-n2cccn2)nc1)C1COCCN1. The van der Waals surface area contributed by atoms with Gasteiger partial charge in [-0.3, -0.25) is 4.79 Å². The molecule has 2 aromatic rings. The number of hydrogen-bond acceptors (Lipinski definition) is 5. The van der Waals surface area contributed by atoms with Gasteiger partial charge in [-0.1, -0.05) is 0 Å². The van der Waals surface area contributed by atoms with E-state index in [1.165, 1.54) is 0 Å². The van der Waals surface area contributed by atoms with Gasteiger partial charge in [0.2, 0.25) is 5.91 Å². The molecule has 0 aliphatic carbocycles. The number of hydrogen-bond donors (Lipinski definition) is 2. The molecule has 1 saturated heterocycles. The van der Waals surface area contributed by atoms with E-state index in [1.54, 1.807) is 29.2 Å². The van der Waals surface area contributed by atoms with Gasteiger partial charge in [0.15, 0.2) is 5.82 Å². The zero-order valence-electron chi connectivity index (χ0n) is 10.8. The van der Waals surface area contributed by atoms with Gasteiger partial charge in [0.05, 0.1) is 25.1 Å². The molecule has 2 aromatic heterocycles. The number of morpholine rings is 1. The van der Waals surface area contributed by atoms with E-state index in [0.29, 0.717) is 31.3 Å². The van der Waals surface area contributed by atoms with E-state index in [4.69, 9.17) is 4.74 Å². The maximum Gasteiger partial charge on any atom is 0.243 e. The van der Waals surface area contributed by atoms with Gasteiger partial charge in [-0.2, -0.15) is 5.10 Å². The second-order valence-electron chi connectivity index (χ2n) is 4.43. The smallest absolute Gasteiger partial charge is 0.243 e. The van der Waals surface area contributed by atoms with Crippen LogP contribution in [0.5, 0.6) is 0 Å². The number of anilines is 1. The number of aromatic nitrogens is 3. The zero-order chi connectivity index (χ0) is 13.8. The summed E-state index contributed by atoms with van der Waals surface area (Å²) in [6.07, 6.45) is 5.11. The number of carbonyl (C=O) groups is 1. The summed E-state index contributed by atoms with van der Waals surface area (Å²) in [5.41, 5.74) is 0.651. The zero-order valence-corrected chi connectivity index (χ0v) is 10.8. The van der Waals surface area contributed by atoms with Crippen LogP contribution in [0.15, 0.2) is 36.8 Å². The van der Waals surface area contributed by atoms with E-state index >= 15 is 0 Å². The molecular weight excluding hydrogens is 258 g/mol. The van der Waals surface area contributed by atoms with Crippen LogP contribution >= 0.6 is 0 Å². The number of amides is 1. The molecule has 0 saturated carbocycles. The number of rotatable bonds is 3. The minimum atomic E-state index is -0.311. The Bertz CT molecular complexity index is 561. The molecule has 7 heteroatoms. The Morgan fingerprint density at radius 2 is 2.45 bits per heavy atom. The average Bonchev–Trinajstić information content (AvgIpc) is 3.03. The lowest BCUT2D eigenvalue weighted by Gasteiger charge is -2.22. The van der Waals surface area contributed by atoms with Crippen molar-refractivity contribution >= 4 is 11.6 Å². The fourth-order valence-electron chi connectivity index (χ4n) is 1.96. The molecule has 0 spiro atoms. The lowest BCUT2D eigenvalue weighted by atomic mass is 10.2. The summed E-state index contributed by atoms with van der Waals surface area (Å²) in [7, 11) is 0. The second-order valence-corrected chi connectivity index (χ2v) is 4.43. The second kappa shape index (κ2) is 5.81. The topological polar surface area (TPSA) is 81.1 Å². The molecule has 0 aromatic carbocycles. The predicted molar refractivity (Wildman–Crippen MR) is 72.6 cm³/mol. The number of carbonyl (C=O) groups excluding carboxylic acids is 1. The Labute approximate surface area is 116 Å². The highest BCUT2D eigenvalue weighted by molar-refractivity contribution is 5.94. The average molecular weight is 273 g/mol. The third kappa shape index (κ3) is 2.84. The molecule has 0 radical (unpaired) electrons. The molecule has 3 rings (SSSR count). The number of pyridine rings is 1. The van der Waals surface area contributed by atoms with Crippen LogP contribution in [0.2, 0.25) is 0 Å². The fraction of sp³-hybridized carbons (Fsp3) is 0.308. The van der Waals surface area contributed by atoms with E-state index in [-0.39, 0.29) is 11.9 Å². The summed E-state index contributed by atoms with van der Waals surface area (Å²) in [6.45, 7) is 1.73. The molecule has 20 heavy (non-hydrogen) atoms. The molecule has 7 nitrogen and oxygen atoms in total. The standard InChI is InChI=1S/C13H15N5O2/c19-13(11-9-20-7-5-14-11)17-10-2-3-12(15-8-10)18-6-1-4-16-18/h1-4,6,8,11,14H,5,7,9H2,(H,17,19). The summed E-state index contributed by atoms with van der Waals surface area (Å²) in [5, 5.41) is 10.0. The van der Waals surface area contributed by atoms with Crippen LogP contribution < -0.4 is 10.6 Å². The third-order valence-electron chi connectivity index (χ3n) is 2.99. The van der Waals surface area contributed by atoms with Gasteiger partial charge >= 0.3 is 0 Å². The van der Waals surface area contributed by atoms with Gasteiger partial charge in [-0.05, 0) is 18.2 Å². The number of nitrogens with one attached hydrogen (secondary N) is 2. The van der Waals surface area contributed by atoms with E-state index < -0.39 is 0 Å². The normalized spacial score (nSPS) is 18.7. The molecule has 1 aliphatic heterocycles. The van der Waals surface area contributed by atoms with Crippen LogP contribution in [-0.2, 0) is 9.53 Å². The van der Waals surface area contributed by atoms with Crippen molar-refractivity contribution in [2.24, 2.45) is 0 Å². The summed E-state index contributed by atoms with van der Waals surface area (Å²) in [5.74, 6) is 0.588. The van der Waals surface area contributed by atoms with Crippen molar-refractivity contribution in [2.45, 2.75) is 6.04 Å². The molecule has 1 amide bonds. The van der Waals surface area contributed by atoms with Gasteiger partial charge in [0.25, 0.3) is 0 Å². The quantitative estimate of drug-likeness (QED) is 0.834. The molecule has 1 aliphatic rings. The molecule has 1 atom stereocenters. The summed E-state index contributed by atoms with van der Waals surface area (Å²) < 4.78 is 6.91. The Morgan fingerprint density at radius 3 is 3.10 bits per heavy atom. The molecule has 1 unspecified atom stereocenters. The monoisotopic (exact) mass is 273 g/mol. The van der Waals surface area contributed by atoms with E-state index in [9.17, 15) is 4.79 Å². The Kier molecular flexibility index (Phi) is 3.71. The Balaban J connectivity index is 1.64. The Hall–Kier alpha value is -2.25. The van der Waals surface area contributed by atoms with Crippen molar-refractivity contribution in [2.75, 3.05) is 25.1 Å². The summed E-state index contributed by atoms with van der Waals surface area (Å²) >= 11 is 0. The van der Waals surface area contributed by atoms with Crippen LogP contribution in [0, 0.1) is 0 Å². The van der Waals surface area contributed by atoms with Gasteiger partial charge in [0, 0.05) is 18.9 Å². The maximum absolute atomic E-state index is 12.0. The first-order valence-electron chi connectivity index (χ1n) is 6.41. The van der Waals surface area contributed by atoms with Crippen LogP contribution in [0.1, 0.15) is 0 Å². The minimum absolute atomic E-state index is 0.113. The van der Waals surface area contributed by atoms with Crippen molar-refractivity contribution in [3.63, 3.8) is 0 Å². The number of ether oxygens (including phenoxy) is 1. The highest BCUT2D eigenvalue weighted by atomic mass is 16.5. The van der Waals surface area contributed by atoms with E-state index in [2.05, 4.69) is 20.7 Å². The van der Waals surface area contributed by atoms with Crippen molar-refractivity contribution in [3.8, 4) is 5.82 Å². The first-order valence-corrected chi connectivity index (χ1v) is 6.41. The van der Waals surface area contributed by atoms with Crippen molar-refractivity contribution < 1.29 is 9.53 Å². The maximum atomic E-state index is 12.0. The van der Waals surface area contributed by atoms with Crippen LogP contribution in [-0.4, -0.2) is 46.5 Å². The van der Waals surface area contributed by atoms with E-state index in [1.807, 2.05) is 12.3 Å². The minimum Gasteiger partial charge on any atom is -0.378 e. The first-order chi connectivity index (χ1) is 9.83. The van der Waals surface area contributed by atoms with Gasteiger partial charge in [-0.15, -0.1) is 0 Å². The van der Waals surface area contributed by atoms with Crippen molar-refractivity contribution in [1.82, 2.24) is 20.1 Å². The molecule has 104 valence electrons. The fourth-order valence-corrected chi connectivity index (χ4v) is 1.96. The van der Waals surface area contributed by atoms with Gasteiger partial charge < -0.3 is 15.4 Å². The lowest BCUT2D eigenvalue weighted by molar-refractivity contribution is -0.120. The van der Waals surface area contributed by atoms with Crippen LogP contribution in [0.3, 0.4) is 0 Å². The van der Waals surface area contributed by atoms with Gasteiger partial charge in [0.1, 0.15) is 6.04 Å². The summed E-state index contributed by atoms with van der Waals surface area (Å²) in [4.78, 5) is 16.2.